The van der Waals surface area contributed by atoms with Gasteiger partial charge in [0, 0.05) is 12.8 Å². The molecule has 2 fully saturated rings. The fourth-order valence-corrected chi connectivity index (χ4v) is 7.71. The summed E-state index contributed by atoms with van der Waals surface area (Å²) in [5.41, 5.74) is -1.85. The third-order valence-corrected chi connectivity index (χ3v) is 10.7. The van der Waals surface area contributed by atoms with Crippen LogP contribution in [0.3, 0.4) is 0 Å². The molecule has 2 N–H and O–H groups in total. The highest BCUT2D eigenvalue weighted by atomic mass is 19.1. The monoisotopic (exact) mass is 695 g/mol. The first-order valence-electron chi connectivity index (χ1n) is 20.6. The number of aliphatic hydroxyl groups is 1. The van der Waals surface area contributed by atoms with Crippen LogP contribution in [0.1, 0.15) is 200 Å². The van der Waals surface area contributed by atoms with Gasteiger partial charge in [-0.25, -0.2) is 4.79 Å². The molecular formula is C40H71FN2O6. The number of aromatic nitrogens is 2. The second-order valence-electron chi connectivity index (χ2n) is 15.0. The highest BCUT2D eigenvalue weighted by Gasteiger charge is 2.58. The van der Waals surface area contributed by atoms with Gasteiger partial charge in [0.25, 0.3) is 5.56 Å². The number of nitrogens with one attached hydrogen (secondary N) is 1. The number of rotatable bonds is 30. The van der Waals surface area contributed by atoms with E-state index in [1.807, 2.05) is 4.98 Å². The number of aliphatic hydroxyl groups excluding tert-OH is 1. The van der Waals surface area contributed by atoms with Gasteiger partial charge in [0.15, 0.2) is 12.0 Å². The predicted octanol–water partition coefficient (Wildman–Crippen LogP) is 10.0. The summed E-state index contributed by atoms with van der Waals surface area (Å²) in [5.74, 6) is -1.90. The molecule has 4 unspecified atom stereocenters. The van der Waals surface area contributed by atoms with Gasteiger partial charge in [0.1, 0.15) is 18.3 Å². The van der Waals surface area contributed by atoms with E-state index in [0.29, 0.717) is 0 Å². The van der Waals surface area contributed by atoms with E-state index in [1.165, 1.54) is 141 Å². The molecule has 2 saturated heterocycles. The molecule has 0 radical (unpaired) electrons. The first-order valence-corrected chi connectivity index (χ1v) is 20.6. The topological polar surface area (TPSA) is 103 Å². The lowest BCUT2D eigenvalue weighted by Gasteiger charge is -2.31. The lowest BCUT2D eigenvalue weighted by molar-refractivity contribution is -0.228. The Morgan fingerprint density at radius 1 is 0.653 bits per heavy atom. The van der Waals surface area contributed by atoms with E-state index in [2.05, 4.69) is 13.8 Å². The fraction of sp³-hybridized carbons (Fsp3) is 0.900. The molecule has 284 valence electrons. The Labute approximate surface area is 296 Å². The molecule has 0 bridgehead atoms. The molecule has 9 heteroatoms. The molecule has 0 aliphatic carbocycles. The average Bonchev–Trinajstić information content (AvgIpc) is 3.62. The zero-order chi connectivity index (χ0) is 35.2. The number of unbranched alkanes of at least 4 members (excludes halogenated alkanes) is 24. The minimum atomic E-state index is -1.07. The summed E-state index contributed by atoms with van der Waals surface area (Å²) in [6, 6.07) is 0. The molecule has 8 nitrogen and oxygen atoms in total. The molecular weight excluding hydrogens is 623 g/mol. The van der Waals surface area contributed by atoms with Crippen LogP contribution in [0.25, 0.3) is 0 Å². The largest absolute Gasteiger partial charge is 0.394 e. The molecule has 49 heavy (non-hydrogen) atoms. The minimum Gasteiger partial charge on any atom is -0.394 e. The lowest BCUT2D eigenvalue weighted by Crippen LogP contribution is -2.39. The Kier molecular flexibility index (Phi) is 21.0. The second-order valence-corrected chi connectivity index (χ2v) is 15.0. The van der Waals surface area contributed by atoms with Gasteiger partial charge in [-0.1, -0.05) is 168 Å². The number of halogens is 1. The number of hydrogen-bond acceptors (Lipinski definition) is 6. The second kappa shape index (κ2) is 24.6. The average molecular weight is 695 g/mol. The van der Waals surface area contributed by atoms with Gasteiger partial charge >= 0.3 is 5.69 Å². The molecule has 2 aliphatic rings. The van der Waals surface area contributed by atoms with Crippen LogP contribution in [-0.4, -0.2) is 45.4 Å². The molecule has 0 saturated carbocycles. The zero-order valence-electron chi connectivity index (χ0n) is 31.2. The number of nitrogens with zero attached hydrogens (tertiary/aromatic N) is 1. The fourth-order valence-electron chi connectivity index (χ4n) is 7.71. The van der Waals surface area contributed by atoms with Gasteiger partial charge in [-0.15, -0.1) is 0 Å². The van der Waals surface area contributed by atoms with Crippen molar-refractivity contribution in [1.82, 2.24) is 9.55 Å². The van der Waals surface area contributed by atoms with E-state index in [1.54, 1.807) is 0 Å². The Bertz CT molecular complexity index is 1080. The van der Waals surface area contributed by atoms with Gasteiger partial charge in [-0.05, 0) is 12.8 Å². The van der Waals surface area contributed by atoms with Crippen molar-refractivity contribution in [2.75, 3.05) is 6.61 Å². The van der Waals surface area contributed by atoms with Crippen molar-refractivity contribution in [2.45, 2.75) is 224 Å². The van der Waals surface area contributed by atoms with Gasteiger partial charge in [-0.2, -0.15) is 4.39 Å². The maximum atomic E-state index is 14.2. The first-order chi connectivity index (χ1) is 23.9. The Hall–Kier alpha value is -1.55. The van der Waals surface area contributed by atoms with E-state index in [0.717, 1.165) is 49.3 Å². The molecule has 4 atom stereocenters. The minimum absolute atomic E-state index is 0.310. The lowest BCUT2D eigenvalue weighted by atomic mass is 9.98. The first kappa shape index (κ1) is 41.9. The van der Waals surface area contributed by atoms with E-state index >= 15 is 0 Å². The van der Waals surface area contributed by atoms with Crippen molar-refractivity contribution < 1.29 is 23.7 Å². The maximum absolute atomic E-state index is 14.2. The van der Waals surface area contributed by atoms with Crippen LogP contribution in [0.5, 0.6) is 0 Å². The van der Waals surface area contributed by atoms with Crippen LogP contribution in [0.15, 0.2) is 15.8 Å². The standard InChI is InChI=1S/C40H71FN2O6/c1-3-5-7-9-11-13-15-17-19-21-23-25-27-29-40(30-28-26-24-22-20-18-16-14-12-10-8-6-4-2)48-35-34(32-44)47-38(36(35)49-40)43-31-33(41)37(45)42-39(43)46/h31,34-36,38,44H,3-30,32H2,1-2H3,(H,42,45,46). The highest BCUT2D eigenvalue weighted by Crippen LogP contribution is 2.46. The third kappa shape index (κ3) is 14.9. The predicted molar refractivity (Wildman–Crippen MR) is 195 cm³/mol. The number of hydrogen-bond donors (Lipinski definition) is 2. The number of fused-ring (bicyclic) bond motifs is 1. The van der Waals surface area contributed by atoms with Crippen LogP contribution in [0, 0.1) is 5.82 Å². The van der Waals surface area contributed by atoms with Gasteiger partial charge in [0.2, 0.25) is 5.82 Å². The van der Waals surface area contributed by atoms with Gasteiger partial charge in [0.05, 0.1) is 12.8 Å². The Morgan fingerprint density at radius 3 is 1.45 bits per heavy atom. The van der Waals surface area contributed by atoms with E-state index in [-0.39, 0.29) is 6.61 Å². The van der Waals surface area contributed by atoms with E-state index < -0.39 is 47.4 Å². The zero-order valence-corrected chi connectivity index (χ0v) is 31.2. The van der Waals surface area contributed by atoms with Gasteiger partial charge < -0.3 is 19.3 Å². The normalized spacial score (nSPS) is 21.5. The molecule has 0 amide bonds. The van der Waals surface area contributed by atoms with Crippen molar-refractivity contribution in [3.8, 4) is 0 Å². The third-order valence-electron chi connectivity index (χ3n) is 10.7. The molecule has 0 spiro atoms. The van der Waals surface area contributed by atoms with E-state index in [4.69, 9.17) is 14.2 Å². The molecule has 3 rings (SSSR count). The SMILES string of the molecule is CCCCCCCCCCCCCCCC1(CCCCCCCCCCCCCCC)OC2C(CO)OC(n3cc(F)c(=O)[nH]c3=O)C2O1. The quantitative estimate of drug-likeness (QED) is 0.0777. The summed E-state index contributed by atoms with van der Waals surface area (Å²) in [4.78, 5) is 26.3. The van der Waals surface area contributed by atoms with Crippen molar-refractivity contribution in [3.05, 3.63) is 32.9 Å². The van der Waals surface area contributed by atoms with Gasteiger partial charge in [-0.3, -0.25) is 14.3 Å². The Balaban J connectivity index is 1.46. The molecule has 1 aromatic heterocycles. The Morgan fingerprint density at radius 2 is 1.04 bits per heavy atom. The molecule has 1 aromatic rings. The van der Waals surface area contributed by atoms with Crippen LogP contribution in [0.4, 0.5) is 4.39 Å². The highest BCUT2D eigenvalue weighted by molar-refractivity contribution is 5.00. The summed E-state index contributed by atoms with van der Waals surface area (Å²) in [6.07, 6.45) is 32.6. The van der Waals surface area contributed by atoms with Crippen molar-refractivity contribution in [1.29, 1.82) is 0 Å². The molecule has 3 heterocycles. The van der Waals surface area contributed by atoms with Crippen LogP contribution in [-0.2, 0) is 14.2 Å². The smallest absolute Gasteiger partial charge is 0.330 e. The van der Waals surface area contributed by atoms with Crippen molar-refractivity contribution >= 4 is 0 Å². The van der Waals surface area contributed by atoms with Crippen LogP contribution >= 0.6 is 0 Å². The molecule has 2 aliphatic heterocycles. The number of H-pyrrole nitrogens is 1. The van der Waals surface area contributed by atoms with E-state index in [9.17, 15) is 19.1 Å². The summed E-state index contributed by atoms with van der Waals surface area (Å²) in [5, 5.41) is 10.1. The van der Waals surface area contributed by atoms with Crippen molar-refractivity contribution in [2.24, 2.45) is 0 Å². The number of ether oxygens (including phenoxy) is 3. The summed E-state index contributed by atoms with van der Waals surface area (Å²) in [6.45, 7) is 4.22. The van der Waals surface area contributed by atoms with Crippen LogP contribution in [0.2, 0.25) is 0 Å². The number of aromatic amines is 1. The van der Waals surface area contributed by atoms with Crippen LogP contribution < -0.4 is 11.2 Å². The summed E-state index contributed by atoms with van der Waals surface area (Å²) in [7, 11) is 0. The summed E-state index contributed by atoms with van der Waals surface area (Å²) < 4.78 is 34.5. The summed E-state index contributed by atoms with van der Waals surface area (Å²) >= 11 is 0. The molecule has 0 aromatic carbocycles. The van der Waals surface area contributed by atoms with Crippen molar-refractivity contribution in [3.63, 3.8) is 0 Å². The maximum Gasteiger partial charge on any atom is 0.330 e.